The quantitative estimate of drug-likeness (QED) is 0.690. The van der Waals surface area contributed by atoms with Gasteiger partial charge in [-0.25, -0.2) is 9.18 Å². The van der Waals surface area contributed by atoms with E-state index in [-0.39, 0.29) is 17.3 Å². The number of nitrogens with one attached hydrogen (secondary N) is 1. The second-order valence-electron chi connectivity index (χ2n) is 4.03. The average Bonchev–Trinajstić information content (AvgIpc) is 2.90. The van der Waals surface area contributed by atoms with E-state index in [0.29, 0.717) is 16.1 Å². The molecule has 0 aliphatic heterocycles. The van der Waals surface area contributed by atoms with Gasteiger partial charge in [0, 0.05) is 10.9 Å². The molecule has 0 atom stereocenters. The van der Waals surface area contributed by atoms with Crippen LogP contribution in [0.5, 0.6) is 0 Å². The Balaban J connectivity index is 2.48. The first kappa shape index (κ1) is 15.5. The summed E-state index contributed by atoms with van der Waals surface area (Å²) in [4.78, 5) is 23.3. The summed E-state index contributed by atoms with van der Waals surface area (Å²) in [7, 11) is 1.25. The van der Waals surface area contributed by atoms with Gasteiger partial charge in [-0.3, -0.25) is 4.79 Å². The third-order valence-electron chi connectivity index (χ3n) is 2.71. The zero-order valence-corrected chi connectivity index (χ0v) is 12.6. The highest BCUT2D eigenvalue weighted by Crippen LogP contribution is 2.36. The van der Waals surface area contributed by atoms with E-state index in [9.17, 15) is 14.0 Å². The predicted molar refractivity (Wildman–Crippen MR) is 80.4 cm³/mol. The standard InChI is InChI=1S/C14H11ClFNO3S/c1-20-14(19)12-10(8-2-4-9(16)5-3-8)7-21-13(12)17-11(18)6-15/h2-5,7H,6H2,1H3,(H,17,18). The number of esters is 1. The van der Waals surface area contributed by atoms with Gasteiger partial charge < -0.3 is 10.1 Å². The van der Waals surface area contributed by atoms with Crippen molar-refractivity contribution in [3.05, 3.63) is 41.0 Å². The SMILES string of the molecule is COC(=O)c1c(-c2ccc(F)cc2)csc1NC(=O)CCl. The van der Waals surface area contributed by atoms with Crippen LogP contribution in [0.4, 0.5) is 9.39 Å². The molecule has 0 aliphatic carbocycles. The first-order valence-corrected chi connectivity index (χ1v) is 7.29. The number of halogens is 2. The van der Waals surface area contributed by atoms with Crippen molar-refractivity contribution in [2.24, 2.45) is 0 Å². The lowest BCUT2D eigenvalue weighted by Crippen LogP contribution is -2.14. The van der Waals surface area contributed by atoms with Crippen LogP contribution in [-0.4, -0.2) is 24.9 Å². The molecule has 1 amide bonds. The van der Waals surface area contributed by atoms with Crippen molar-refractivity contribution in [1.82, 2.24) is 0 Å². The number of hydrogen-bond acceptors (Lipinski definition) is 4. The summed E-state index contributed by atoms with van der Waals surface area (Å²) in [6.45, 7) is 0. The highest BCUT2D eigenvalue weighted by molar-refractivity contribution is 7.15. The van der Waals surface area contributed by atoms with Crippen molar-refractivity contribution in [1.29, 1.82) is 0 Å². The molecule has 110 valence electrons. The molecule has 0 bridgehead atoms. The lowest BCUT2D eigenvalue weighted by Gasteiger charge is -2.06. The molecule has 0 unspecified atom stereocenters. The van der Waals surface area contributed by atoms with E-state index in [1.54, 1.807) is 17.5 Å². The third-order valence-corrected chi connectivity index (χ3v) is 3.85. The van der Waals surface area contributed by atoms with Crippen molar-refractivity contribution in [3.8, 4) is 11.1 Å². The number of ether oxygens (including phenoxy) is 1. The minimum Gasteiger partial charge on any atom is -0.465 e. The average molecular weight is 328 g/mol. The van der Waals surface area contributed by atoms with Gasteiger partial charge in [0.05, 0.1) is 7.11 Å². The second kappa shape index (κ2) is 6.69. The van der Waals surface area contributed by atoms with E-state index < -0.39 is 11.9 Å². The van der Waals surface area contributed by atoms with E-state index in [1.165, 1.54) is 30.6 Å². The van der Waals surface area contributed by atoms with E-state index in [4.69, 9.17) is 16.3 Å². The number of carbonyl (C=O) groups excluding carboxylic acids is 2. The molecule has 21 heavy (non-hydrogen) atoms. The molecule has 1 heterocycles. The number of benzene rings is 1. The van der Waals surface area contributed by atoms with Crippen molar-refractivity contribution >= 4 is 39.8 Å². The molecule has 0 saturated carbocycles. The van der Waals surface area contributed by atoms with Gasteiger partial charge in [0.2, 0.25) is 5.91 Å². The molecule has 0 fully saturated rings. The summed E-state index contributed by atoms with van der Waals surface area (Å²) in [5.41, 5.74) is 1.45. The minimum atomic E-state index is -0.583. The van der Waals surface area contributed by atoms with Crippen LogP contribution >= 0.6 is 22.9 Å². The van der Waals surface area contributed by atoms with Crippen LogP contribution in [-0.2, 0) is 9.53 Å². The van der Waals surface area contributed by atoms with Crippen LogP contribution in [0, 0.1) is 5.82 Å². The smallest absolute Gasteiger partial charge is 0.341 e. The summed E-state index contributed by atoms with van der Waals surface area (Å²) >= 11 is 6.62. The van der Waals surface area contributed by atoms with Gasteiger partial charge in [0.15, 0.2) is 0 Å². The fraction of sp³-hybridized carbons (Fsp3) is 0.143. The molecule has 2 rings (SSSR count). The topological polar surface area (TPSA) is 55.4 Å². The van der Waals surface area contributed by atoms with Crippen LogP contribution in [0.15, 0.2) is 29.6 Å². The first-order chi connectivity index (χ1) is 10.1. The Morgan fingerprint density at radius 2 is 2.00 bits per heavy atom. The lowest BCUT2D eigenvalue weighted by molar-refractivity contribution is -0.113. The number of hydrogen-bond donors (Lipinski definition) is 1. The number of methoxy groups -OCH3 is 1. The van der Waals surface area contributed by atoms with Crippen LogP contribution in [0.2, 0.25) is 0 Å². The first-order valence-electron chi connectivity index (χ1n) is 5.88. The molecule has 7 heteroatoms. The minimum absolute atomic E-state index is 0.218. The number of amides is 1. The Hall–Kier alpha value is -1.92. The number of rotatable bonds is 4. The van der Waals surface area contributed by atoms with Crippen LogP contribution in [0.3, 0.4) is 0 Å². The molecular formula is C14H11ClFNO3S. The zero-order chi connectivity index (χ0) is 15.4. The van der Waals surface area contributed by atoms with Gasteiger partial charge >= 0.3 is 5.97 Å². The summed E-state index contributed by atoms with van der Waals surface area (Å²) in [6, 6.07) is 5.70. The number of anilines is 1. The van der Waals surface area contributed by atoms with Gasteiger partial charge in [0.1, 0.15) is 22.3 Å². The molecule has 0 saturated heterocycles. The Morgan fingerprint density at radius 3 is 2.57 bits per heavy atom. The molecule has 2 aromatic rings. The molecule has 0 aliphatic rings. The summed E-state index contributed by atoms with van der Waals surface area (Å²) in [5.74, 6) is -1.59. The van der Waals surface area contributed by atoms with Gasteiger partial charge in [-0.1, -0.05) is 12.1 Å². The van der Waals surface area contributed by atoms with Crippen LogP contribution < -0.4 is 5.32 Å². The normalized spacial score (nSPS) is 10.2. The Labute approximate surface area is 129 Å². The molecule has 1 aromatic heterocycles. The Bertz CT molecular complexity index is 669. The maximum atomic E-state index is 13.0. The van der Waals surface area contributed by atoms with Crippen molar-refractivity contribution in [2.75, 3.05) is 18.3 Å². The van der Waals surface area contributed by atoms with E-state index in [0.717, 1.165) is 0 Å². The predicted octanol–water partition coefficient (Wildman–Crippen LogP) is 3.52. The van der Waals surface area contributed by atoms with Crippen molar-refractivity contribution < 1.29 is 18.7 Å². The Kier molecular flexibility index (Phi) is 4.93. The van der Waals surface area contributed by atoms with E-state index in [2.05, 4.69) is 5.32 Å². The Morgan fingerprint density at radius 1 is 1.33 bits per heavy atom. The second-order valence-corrected chi connectivity index (χ2v) is 5.18. The summed E-state index contributed by atoms with van der Waals surface area (Å²) in [5, 5.41) is 4.60. The highest BCUT2D eigenvalue weighted by Gasteiger charge is 2.22. The molecule has 0 radical (unpaired) electrons. The summed E-state index contributed by atoms with van der Waals surface area (Å²) < 4.78 is 17.7. The maximum absolute atomic E-state index is 13.0. The third kappa shape index (κ3) is 3.40. The maximum Gasteiger partial charge on any atom is 0.341 e. The van der Waals surface area contributed by atoms with E-state index in [1.807, 2.05) is 0 Å². The molecular weight excluding hydrogens is 317 g/mol. The fourth-order valence-corrected chi connectivity index (χ4v) is 2.80. The monoisotopic (exact) mass is 327 g/mol. The summed E-state index contributed by atoms with van der Waals surface area (Å²) in [6.07, 6.45) is 0. The van der Waals surface area contributed by atoms with Gasteiger partial charge in [-0.15, -0.1) is 22.9 Å². The van der Waals surface area contributed by atoms with Crippen molar-refractivity contribution in [3.63, 3.8) is 0 Å². The van der Waals surface area contributed by atoms with Crippen LogP contribution in [0.1, 0.15) is 10.4 Å². The van der Waals surface area contributed by atoms with Crippen LogP contribution in [0.25, 0.3) is 11.1 Å². The fourth-order valence-electron chi connectivity index (χ4n) is 1.76. The van der Waals surface area contributed by atoms with Gasteiger partial charge in [-0.2, -0.15) is 0 Å². The van der Waals surface area contributed by atoms with Gasteiger partial charge in [0.25, 0.3) is 0 Å². The highest BCUT2D eigenvalue weighted by atomic mass is 35.5. The molecule has 1 N–H and O–H groups in total. The van der Waals surface area contributed by atoms with E-state index >= 15 is 0 Å². The molecule has 1 aromatic carbocycles. The number of carbonyl (C=O) groups is 2. The molecule has 0 spiro atoms. The molecule has 4 nitrogen and oxygen atoms in total. The van der Waals surface area contributed by atoms with Crippen molar-refractivity contribution in [2.45, 2.75) is 0 Å². The number of thiophene rings is 1. The van der Waals surface area contributed by atoms with Gasteiger partial charge in [-0.05, 0) is 17.7 Å². The zero-order valence-electron chi connectivity index (χ0n) is 11.0. The number of alkyl halides is 1. The lowest BCUT2D eigenvalue weighted by atomic mass is 10.0. The largest absolute Gasteiger partial charge is 0.465 e.